The Hall–Kier alpha value is -4.02. The van der Waals surface area contributed by atoms with Gasteiger partial charge in [0.15, 0.2) is 0 Å². The van der Waals surface area contributed by atoms with Gasteiger partial charge in [0, 0.05) is 5.56 Å². The minimum absolute atomic E-state index is 0.119. The zero-order chi connectivity index (χ0) is 19.2. The SMILES string of the molecule is C#CCOc1ccc2ccccc2c1/C=C(/C#N)c1ccc(C(=O)O)cc1. The monoisotopic (exact) mass is 353 g/mol. The van der Waals surface area contributed by atoms with E-state index in [9.17, 15) is 10.1 Å². The molecule has 4 heteroatoms. The lowest BCUT2D eigenvalue weighted by molar-refractivity contribution is 0.0697. The fourth-order valence-electron chi connectivity index (χ4n) is 2.79. The maximum atomic E-state index is 11.0. The highest BCUT2D eigenvalue weighted by Gasteiger charge is 2.10. The predicted octanol–water partition coefficient (Wildman–Crippen LogP) is 4.61. The number of aromatic carboxylic acids is 1. The van der Waals surface area contributed by atoms with Gasteiger partial charge in [-0.2, -0.15) is 5.26 Å². The van der Waals surface area contributed by atoms with E-state index in [0.29, 0.717) is 16.9 Å². The lowest BCUT2D eigenvalue weighted by Gasteiger charge is -2.11. The lowest BCUT2D eigenvalue weighted by Crippen LogP contribution is -1.97. The van der Waals surface area contributed by atoms with Crippen molar-refractivity contribution in [2.45, 2.75) is 0 Å². The molecule has 0 saturated carbocycles. The number of allylic oxidation sites excluding steroid dienone is 1. The van der Waals surface area contributed by atoms with Gasteiger partial charge in [0.05, 0.1) is 17.2 Å². The van der Waals surface area contributed by atoms with Crippen LogP contribution in [0.25, 0.3) is 22.4 Å². The van der Waals surface area contributed by atoms with E-state index in [-0.39, 0.29) is 12.2 Å². The Bertz CT molecular complexity index is 1110. The Kier molecular flexibility index (Phi) is 5.21. The number of fused-ring (bicyclic) bond motifs is 1. The van der Waals surface area contributed by atoms with Gasteiger partial charge >= 0.3 is 5.97 Å². The summed E-state index contributed by atoms with van der Waals surface area (Å²) < 4.78 is 5.66. The number of hydrogen-bond acceptors (Lipinski definition) is 3. The maximum Gasteiger partial charge on any atom is 0.335 e. The zero-order valence-corrected chi connectivity index (χ0v) is 14.3. The van der Waals surface area contributed by atoms with Crippen molar-refractivity contribution >= 4 is 28.4 Å². The summed E-state index contributed by atoms with van der Waals surface area (Å²) in [5.41, 5.74) is 1.94. The fraction of sp³-hybridized carbons (Fsp3) is 0.0435. The Balaban J connectivity index is 2.15. The second-order valence-corrected chi connectivity index (χ2v) is 5.74. The maximum absolute atomic E-state index is 11.0. The molecule has 0 aliphatic rings. The van der Waals surface area contributed by atoms with E-state index in [1.165, 1.54) is 12.1 Å². The van der Waals surface area contributed by atoms with Crippen LogP contribution in [0.5, 0.6) is 5.75 Å². The molecule has 0 fully saturated rings. The van der Waals surface area contributed by atoms with Gasteiger partial charge in [0.25, 0.3) is 0 Å². The molecule has 27 heavy (non-hydrogen) atoms. The van der Waals surface area contributed by atoms with Crippen molar-refractivity contribution in [1.29, 1.82) is 5.26 Å². The highest BCUT2D eigenvalue weighted by Crippen LogP contribution is 2.32. The van der Waals surface area contributed by atoms with Crippen LogP contribution in [0.2, 0.25) is 0 Å². The van der Waals surface area contributed by atoms with Crippen LogP contribution in [0.15, 0.2) is 60.7 Å². The van der Waals surface area contributed by atoms with Crippen molar-refractivity contribution in [3.63, 3.8) is 0 Å². The molecule has 3 aromatic carbocycles. The quantitative estimate of drug-likeness (QED) is 0.413. The van der Waals surface area contributed by atoms with E-state index in [1.807, 2.05) is 36.4 Å². The number of carboxylic acid groups (broad SMARTS) is 1. The number of ether oxygens (including phenoxy) is 1. The second kappa shape index (κ2) is 7.91. The number of carbonyl (C=O) groups is 1. The number of nitrogens with zero attached hydrogens (tertiary/aromatic N) is 1. The first kappa shape index (κ1) is 17.8. The van der Waals surface area contributed by atoms with Crippen molar-refractivity contribution in [1.82, 2.24) is 0 Å². The van der Waals surface area contributed by atoms with Crippen molar-refractivity contribution in [3.8, 4) is 24.2 Å². The zero-order valence-electron chi connectivity index (χ0n) is 14.3. The summed E-state index contributed by atoms with van der Waals surface area (Å²) in [5, 5.41) is 20.6. The molecule has 0 unspecified atom stereocenters. The van der Waals surface area contributed by atoms with Crippen LogP contribution >= 0.6 is 0 Å². The molecule has 0 saturated heterocycles. The normalized spacial score (nSPS) is 10.8. The highest BCUT2D eigenvalue weighted by molar-refractivity contribution is 6.00. The molecular weight excluding hydrogens is 338 g/mol. The van der Waals surface area contributed by atoms with Gasteiger partial charge in [-0.05, 0) is 40.6 Å². The third kappa shape index (κ3) is 3.81. The van der Waals surface area contributed by atoms with Crippen LogP contribution < -0.4 is 4.74 Å². The standard InChI is InChI=1S/C23H15NO3/c1-2-13-27-22-12-11-17-5-3-4-6-20(17)21(22)14-19(15-24)16-7-9-18(10-8-16)23(25)26/h1,3-12,14H,13H2,(H,25,26)/b19-14-. The molecule has 0 aromatic heterocycles. The Morgan fingerprint density at radius 3 is 2.44 bits per heavy atom. The highest BCUT2D eigenvalue weighted by atomic mass is 16.5. The largest absolute Gasteiger partial charge is 0.480 e. The van der Waals surface area contributed by atoms with E-state index in [1.54, 1.807) is 18.2 Å². The second-order valence-electron chi connectivity index (χ2n) is 5.74. The van der Waals surface area contributed by atoms with Gasteiger partial charge < -0.3 is 9.84 Å². The third-order valence-corrected chi connectivity index (χ3v) is 4.09. The minimum atomic E-state index is -1.01. The van der Waals surface area contributed by atoms with E-state index < -0.39 is 5.97 Å². The molecule has 0 bridgehead atoms. The summed E-state index contributed by atoms with van der Waals surface area (Å²) in [5.74, 6) is 2.02. The predicted molar refractivity (Wildman–Crippen MR) is 105 cm³/mol. The Morgan fingerprint density at radius 1 is 1.07 bits per heavy atom. The van der Waals surface area contributed by atoms with Crippen LogP contribution in [0.3, 0.4) is 0 Å². The van der Waals surface area contributed by atoms with Gasteiger partial charge in [0.2, 0.25) is 0 Å². The summed E-state index contributed by atoms with van der Waals surface area (Å²) in [6.45, 7) is 0.119. The molecule has 3 aromatic rings. The lowest BCUT2D eigenvalue weighted by atomic mass is 9.98. The average Bonchev–Trinajstić information content (AvgIpc) is 2.71. The summed E-state index contributed by atoms with van der Waals surface area (Å²) in [4.78, 5) is 11.0. The molecule has 0 heterocycles. The topological polar surface area (TPSA) is 70.3 Å². The van der Waals surface area contributed by atoms with Crippen LogP contribution in [0, 0.1) is 23.7 Å². The number of rotatable bonds is 5. The first-order valence-electron chi connectivity index (χ1n) is 8.17. The molecule has 0 atom stereocenters. The van der Waals surface area contributed by atoms with Gasteiger partial charge in [0.1, 0.15) is 12.4 Å². The summed E-state index contributed by atoms with van der Waals surface area (Å²) >= 11 is 0. The smallest absolute Gasteiger partial charge is 0.335 e. The van der Waals surface area contributed by atoms with Gasteiger partial charge in [-0.3, -0.25) is 0 Å². The fourth-order valence-corrected chi connectivity index (χ4v) is 2.79. The van der Waals surface area contributed by atoms with E-state index >= 15 is 0 Å². The number of terminal acetylenes is 1. The molecule has 3 rings (SSSR count). The molecule has 0 radical (unpaired) electrons. The molecule has 0 amide bonds. The van der Waals surface area contributed by atoms with Crippen molar-refractivity contribution < 1.29 is 14.6 Å². The minimum Gasteiger partial charge on any atom is -0.480 e. The Labute approximate surface area is 156 Å². The molecule has 0 aliphatic heterocycles. The van der Waals surface area contributed by atoms with Crippen LogP contribution in [-0.2, 0) is 0 Å². The van der Waals surface area contributed by atoms with E-state index in [2.05, 4.69) is 12.0 Å². The van der Waals surface area contributed by atoms with Gasteiger partial charge in [-0.25, -0.2) is 4.79 Å². The summed E-state index contributed by atoms with van der Waals surface area (Å²) in [6, 6.07) is 19.9. The summed E-state index contributed by atoms with van der Waals surface area (Å²) in [7, 11) is 0. The van der Waals surface area contributed by atoms with Gasteiger partial charge in [-0.1, -0.05) is 48.4 Å². The molecule has 1 N–H and O–H groups in total. The molecule has 0 aliphatic carbocycles. The van der Waals surface area contributed by atoms with Crippen LogP contribution in [-0.4, -0.2) is 17.7 Å². The first-order chi connectivity index (χ1) is 13.1. The van der Waals surface area contributed by atoms with Crippen LogP contribution in [0.4, 0.5) is 0 Å². The number of nitriles is 1. The van der Waals surface area contributed by atoms with E-state index in [0.717, 1.165) is 16.3 Å². The molecule has 0 spiro atoms. The van der Waals surface area contributed by atoms with Crippen LogP contribution in [0.1, 0.15) is 21.5 Å². The Morgan fingerprint density at radius 2 is 1.78 bits per heavy atom. The van der Waals surface area contributed by atoms with E-state index in [4.69, 9.17) is 16.3 Å². The van der Waals surface area contributed by atoms with Crippen molar-refractivity contribution in [2.75, 3.05) is 6.61 Å². The summed E-state index contributed by atoms with van der Waals surface area (Å²) in [6.07, 6.45) is 7.05. The molecule has 4 nitrogen and oxygen atoms in total. The molecule has 130 valence electrons. The first-order valence-corrected chi connectivity index (χ1v) is 8.17. The van der Waals surface area contributed by atoms with Crippen molar-refractivity contribution in [3.05, 3.63) is 77.4 Å². The van der Waals surface area contributed by atoms with Gasteiger partial charge in [-0.15, -0.1) is 6.42 Å². The van der Waals surface area contributed by atoms with Crippen molar-refractivity contribution in [2.24, 2.45) is 0 Å². The average molecular weight is 353 g/mol. The molecular formula is C23H15NO3. The number of carboxylic acids is 1. The number of benzene rings is 3. The number of hydrogen-bond donors (Lipinski definition) is 1. The third-order valence-electron chi connectivity index (χ3n) is 4.09.